The first-order valence-corrected chi connectivity index (χ1v) is 9.02. The number of nitrogens with zero attached hydrogens (tertiary/aromatic N) is 5. The minimum atomic E-state index is -0.407. The monoisotopic (exact) mass is 375 g/mol. The van der Waals surface area contributed by atoms with Crippen LogP contribution in [0.5, 0.6) is 0 Å². The molecule has 9 heteroatoms. The molecule has 1 atom stereocenters. The summed E-state index contributed by atoms with van der Waals surface area (Å²) in [6.07, 6.45) is 0.858. The molecule has 0 aliphatic rings. The zero-order valence-electron chi connectivity index (χ0n) is 16.6. The maximum atomic E-state index is 11.2. The molecule has 1 aromatic heterocycles. The van der Waals surface area contributed by atoms with Crippen molar-refractivity contribution >= 4 is 5.69 Å². The summed E-state index contributed by atoms with van der Waals surface area (Å²) in [5.74, 6) is 0.609. The Hall–Kier alpha value is -2.39. The molecule has 3 N–H and O–H groups in total. The van der Waals surface area contributed by atoms with E-state index in [9.17, 15) is 10.1 Å². The Bertz CT molecular complexity index is 780. The molecule has 0 saturated heterocycles. The number of tetrazole rings is 1. The predicted molar refractivity (Wildman–Crippen MR) is 103 cm³/mol. The van der Waals surface area contributed by atoms with Gasteiger partial charge in [0.1, 0.15) is 0 Å². The second-order valence-corrected chi connectivity index (χ2v) is 8.53. The molecule has 0 amide bonds. The van der Waals surface area contributed by atoms with Crippen molar-refractivity contribution in [3.63, 3.8) is 0 Å². The molecule has 2 rings (SSSR count). The lowest BCUT2D eigenvalue weighted by atomic mass is 9.81. The molecule has 1 heterocycles. The summed E-state index contributed by atoms with van der Waals surface area (Å²) in [5, 5.41) is 26.9. The van der Waals surface area contributed by atoms with Gasteiger partial charge in [0, 0.05) is 25.2 Å². The second kappa shape index (κ2) is 8.10. The molecule has 27 heavy (non-hydrogen) atoms. The van der Waals surface area contributed by atoms with Crippen LogP contribution in [0.4, 0.5) is 5.69 Å². The highest BCUT2D eigenvalue weighted by molar-refractivity contribution is 5.37. The summed E-state index contributed by atoms with van der Waals surface area (Å²) in [4.78, 5) is 10.8. The van der Waals surface area contributed by atoms with Gasteiger partial charge in [-0.15, -0.1) is 5.10 Å². The van der Waals surface area contributed by atoms with Crippen LogP contribution in [-0.4, -0.2) is 38.2 Å². The van der Waals surface area contributed by atoms with E-state index in [1.165, 1.54) is 6.07 Å². The van der Waals surface area contributed by atoms with E-state index >= 15 is 0 Å². The van der Waals surface area contributed by atoms with E-state index in [0.29, 0.717) is 18.9 Å². The predicted octanol–water partition coefficient (Wildman–Crippen LogP) is 2.39. The summed E-state index contributed by atoms with van der Waals surface area (Å²) in [6.45, 7) is 11.6. The largest absolute Gasteiger partial charge is 0.329 e. The number of hydrogen-bond acceptors (Lipinski definition) is 7. The van der Waals surface area contributed by atoms with Crippen molar-refractivity contribution < 1.29 is 4.92 Å². The number of nitrogens with one attached hydrogen (secondary N) is 1. The van der Waals surface area contributed by atoms with Crippen LogP contribution < -0.4 is 11.1 Å². The van der Waals surface area contributed by atoms with E-state index < -0.39 is 11.0 Å². The van der Waals surface area contributed by atoms with Gasteiger partial charge >= 0.3 is 0 Å². The van der Waals surface area contributed by atoms with E-state index in [1.54, 1.807) is 12.1 Å². The fraction of sp³-hybridized carbons (Fsp3) is 0.611. The Labute approximate surface area is 159 Å². The average Bonchev–Trinajstić information content (AvgIpc) is 3.04. The molecule has 0 aliphatic heterocycles. The van der Waals surface area contributed by atoms with E-state index in [4.69, 9.17) is 5.73 Å². The molecule has 1 aromatic carbocycles. The fourth-order valence-corrected chi connectivity index (χ4v) is 3.58. The summed E-state index contributed by atoms with van der Waals surface area (Å²) < 4.78 is 1.81. The standard InChI is InChI=1S/C18H29N7O2/c1-17(2,3)12-18(4,5)24-16(21-22-23-24)15(20-10-9-19)13-7-6-8-14(11-13)25(26)27/h6-8,11,15,20H,9-10,12,19H2,1-5H3. The summed E-state index contributed by atoms with van der Waals surface area (Å²) in [5.41, 5.74) is 6.16. The van der Waals surface area contributed by atoms with Crippen molar-refractivity contribution in [2.75, 3.05) is 13.1 Å². The van der Waals surface area contributed by atoms with Crippen LogP contribution in [0.2, 0.25) is 0 Å². The van der Waals surface area contributed by atoms with Crippen LogP contribution in [0.1, 0.15) is 58.5 Å². The molecule has 9 nitrogen and oxygen atoms in total. The van der Waals surface area contributed by atoms with Gasteiger partial charge in [-0.2, -0.15) is 0 Å². The molecular formula is C18H29N7O2. The van der Waals surface area contributed by atoms with Crippen molar-refractivity contribution in [1.82, 2.24) is 25.5 Å². The molecule has 0 aliphatic carbocycles. The minimum Gasteiger partial charge on any atom is -0.329 e. The highest BCUT2D eigenvalue weighted by atomic mass is 16.6. The Kier molecular flexibility index (Phi) is 6.27. The molecule has 2 aromatic rings. The van der Waals surface area contributed by atoms with Gasteiger partial charge in [-0.1, -0.05) is 32.9 Å². The molecule has 0 fully saturated rings. The van der Waals surface area contributed by atoms with Crippen LogP contribution in [-0.2, 0) is 5.54 Å². The van der Waals surface area contributed by atoms with Gasteiger partial charge in [0.05, 0.1) is 16.5 Å². The fourth-order valence-electron chi connectivity index (χ4n) is 3.58. The van der Waals surface area contributed by atoms with Gasteiger partial charge in [0.15, 0.2) is 5.82 Å². The van der Waals surface area contributed by atoms with Crippen molar-refractivity contribution in [1.29, 1.82) is 0 Å². The number of nitro benzene ring substituents is 1. The smallest absolute Gasteiger partial charge is 0.269 e. The third-order valence-electron chi connectivity index (χ3n) is 4.20. The maximum Gasteiger partial charge on any atom is 0.269 e. The number of rotatable bonds is 8. The zero-order chi connectivity index (χ0) is 20.2. The van der Waals surface area contributed by atoms with Crippen molar-refractivity contribution in [3.05, 3.63) is 45.8 Å². The lowest BCUT2D eigenvalue weighted by molar-refractivity contribution is -0.384. The third-order valence-corrected chi connectivity index (χ3v) is 4.20. The van der Waals surface area contributed by atoms with Crippen molar-refractivity contribution in [2.45, 2.75) is 52.6 Å². The van der Waals surface area contributed by atoms with Crippen molar-refractivity contribution in [3.8, 4) is 0 Å². The number of aromatic nitrogens is 4. The molecule has 0 bridgehead atoms. The number of nitro groups is 1. The minimum absolute atomic E-state index is 0.0278. The quantitative estimate of drug-likeness (QED) is 0.536. The van der Waals surface area contributed by atoms with Crippen LogP contribution >= 0.6 is 0 Å². The topological polar surface area (TPSA) is 125 Å². The first-order valence-electron chi connectivity index (χ1n) is 9.02. The Morgan fingerprint density at radius 2 is 2.00 bits per heavy atom. The van der Waals surface area contributed by atoms with E-state index in [1.807, 2.05) is 10.7 Å². The molecule has 0 spiro atoms. The lowest BCUT2D eigenvalue weighted by Gasteiger charge is -2.34. The Morgan fingerprint density at radius 3 is 2.59 bits per heavy atom. The molecule has 1 unspecified atom stereocenters. The summed E-state index contributed by atoms with van der Waals surface area (Å²) >= 11 is 0. The SMILES string of the molecule is CC(C)(C)CC(C)(C)n1nnnc1C(NCCN)c1cccc([N+](=O)[O-])c1. The van der Waals surface area contributed by atoms with Gasteiger partial charge in [0.25, 0.3) is 5.69 Å². The maximum absolute atomic E-state index is 11.2. The van der Waals surface area contributed by atoms with Crippen LogP contribution in [0, 0.1) is 15.5 Å². The first-order chi connectivity index (χ1) is 12.5. The highest BCUT2D eigenvalue weighted by Crippen LogP contribution is 2.34. The van der Waals surface area contributed by atoms with Crippen LogP contribution in [0.3, 0.4) is 0 Å². The van der Waals surface area contributed by atoms with Gasteiger partial charge in [-0.25, -0.2) is 4.68 Å². The Balaban J connectivity index is 2.49. The van der Waals surface area contributed by atoms with Crippen molar-refractivity contribution in [2.24, 2.45) is 11.1 Å². The molecule has 148 valence electrons. The molecular weight excluding hydrogens is 346 g/mol. The highest BCUT2D eigenvalue weighted by Gasteiger charge is 2.33. The molecule has 0 saturated carbocycles. The van der Waals surface area contributed by atoms with Gasteiger partial charge in [-0.05, 0) is 41.7 Å². The van der Waals surface area contributed by atoms with Gasteiger partial charge in [0.2, 0.25) is 0 Å². The number of nitrogens with two attached hydrogens (primary N) is 1. The zero-order valence-corrected chi connectivity index (χ0v) is 16.6. The van der Waals surface area contributed by atoms with Gasteiger partial charge in [-0.3, -0.25) is 10.1 Å². The normalized spacial score (nSPS) is 13.6. The van der Waals surface area contributed by atoms with E-state index in [-0.39, 0.29) is 16.6 Å². The first kappa shape index (κ1) is 20.9. The van der Waals surface area contributed by atoms with Gasteiger partial charge < -0.3 is 11.1 Å². The average molecular weight is 375 g/mol. The van der Waals surface area contributed by atoms with E-state index in [0.717, 1.165) is 12.0 Å². The van der Waals surface area contributed by atoms with Crippen LogP contribution in [0.15, 0.2) is 24.3 Å². The number of hydrogen-bond donors (Lipinski definition) is 2. The Morgan fingerprint density at radius 1 is 1.30 bits per heavy atom. The van der Waals surface area contributed by atoms with Crippen LogP contribution in [0.25, 0.3) is 0 Å². The second-order valence-electron chi connectivity index (χ2n) is 8.53. The summed E-state index contributed by atoms with van der Waals surface area (Å²) in [6, 6.07) is 6.11. The number of benzene rings is 1. The summed E-state index contributed by atoms with van der Waals surface area (Å²) in [7, 11) is 0. The lowest BCUT2D eigenvalue weighted by Crippen LogP contribution is -2.37. The third kappa shape index (κ3) is 5.30. The number of non-ortho nitro benzene ring substituents is 1. The molecule has 0 radical (unpaired) electrons. The van der Waals surface area contributed by atoms with E-state index in [2.05, 4.69) is 55.5 Å².